The number of aryl methyl sites for hydroxylation is 2. The van der Waals surface area contributed by atoms with Crippen LogP contribution >= 0.6 is 0 Å². The zero-order valence-corrected chi connectivity index (χ0v) is 15.2. The average Bonchev–Trinajstić information content (AvgIpc) is 2.81. The molecule has 0 spiro atoms. The Hall–Kier alpha value is -2.28. The first kappa shape index (κ1) is 18.5. The monoisotopic (exact) mass is 362 g/mol. The van der Waals surface area contributed by atoms with E-state index in [9.17, 15) is 8.78 Å². The fourth-order valence-electron chi connectivity index (χ4n) is 3.26. The second-order valence-electron chi connectivity index (χ2n) is 6.55. The van der Waals surface area contributed by atoms with E-state index in [4.69, 9.17) is 0 Å². The highest BCUT2D eigenvalue weighted by molar-refractivity contribution is 5.34. The standard InChI is InChI=1S/C19H24F2N4O/c1-14-12-15(2)23-19(22-14)25-9-5-8-24(10-11-25)13-16-6-3-4-7-17(16)26-18(20)21/h3-4,6-7,12,18H,5,8-11,13H2,1-2H3. The minimum absolute atomic E-state index is 0.251. The summed E-state index contributed by atoms with van der Waals surface area (Å²) in [6.07, 6.45) is 0.966. The summed E-state index contributed by atoms with van der Waals surface area (Å²) >= 11 is 0. The number of hydrogen-bond donors (Lipinski definition) is 0. The van der Waals surface area contributed by atoms with E-state index in [1.807, 2.05) is 32.0 Å². The Morgan fingerprint density at radius 1 is 1.04 bits per heavy atom. The molecule has 140 valence electrons. The number of para-hydroxylation sites is 1. The van der Waals surface area contributed by atoms with Crippen molar-refractivity contribution in [3.8, 4) is 5.75 Å². The SMILES string of the molecule is Cc1cc(C)nc(N2CCCN(Cc3ccccc3OC(F)F)CC2)n1. The Bertz CT molecular complexity index is 721. The van der Waals surface area contributed by atoms with Gasteiger partial charge in [0.05, 0.1) is 0 Å². The Morgan fingerprint density at radius 3 is 2.50 bits per heavy atom. The van der Waals surface area contributed by atoms with Gasteiger partial charge in [0, 0.05) is 49.7 Å². The number of anilines is 1. The summed E-state index contributed by atoms with van der Waals surface area (Å²) in [5.74, 6) is 1.02. The van der Waals surface area contributed by atoms with E-state index >= 15 is 0 Å². The van der Waals surface area contributed by atoms with Crippen molar-refractivity contribution in [1.82, 2.24) is 14.9 Å². The molecule has 1 saturated heterocycles. The van der Waals surface area contributed by atoms with Crippen LogP contribution in [-0.4, -0.2) is 47.7 Å². The first-order chi connectivity index (χ1) is 12.5. The van der Waals surface area contributed by atoms with Gasteiger partial charge in [-0.2, -0.15) is 8.78 Å². The van der Waals surface area contributed by atoms with Crippen LogP contribution in [0.2, 0.25) is 0 Å². The minimum atomic E-state index is -2.81. The molecular weight excluding hydrogens is 338 g/mol. The van der Waals surface area contributed by atoms with E-state index < -0.39 is 6.61 Å². The third-order valence-corrected chi connectivity index (χ3v) is 4.42. The molecule has 0 N–H and O–H groups in total. The number of nitrogens with zero attached hydrogens (tertiary/aromatic N) is 4. The predicted molar refractivity (Wildman–Crippen MR) is 96.7 cm³/mol. The summed E-state index contributed by atoms with van der Waals surface area (Å²) in [5.41, 5.74) is 2.71. The fraction of sp³-hybridized carbons (Fsp3) is 0.474. The Labute approximate surface area is 152 Å². The Balaban J connectivity index is 1.66. The van der Waals surface area contributed by atoms with Gasteiger partial charge in [0.15, 0.2) is 0 Å². The summed E-state index contributed by atoms with van der Waals surface area (Å²) in [7, 11) is 0. The zero-order chi connectivity index (χ0) is 18.5. The molecule has 1 aromatic heterocycles. The van der Waals surface area contributed by atoms with Crippen LogP contribution in [0.1, 0.15) is 23.4 Å². The first-order valence-corrected chi connectivity index (χ1v) is 8.83. The van der Waals surface area contributed by atoms with Crippen molar-refractivity contribution in [2.45, 2.75) is 33.4 Å². The van der Waals surface area contributed by atoms with E-state index in [2.05, 4.69) is 24.5 Å². The summed E-state index contributed by atoms with van der Waals surface area (Å²) in [6.45, 7) is 5.13. The number of benzene rings is 1. The van der Waals surface area contributed by atoms with Gasteiger partial charge in [0.1, 0.15) is 5.75 Å². The molecule has 2 aromatic rings. The molecule has 0 saturated carbocycles. The number of ether oxygens (including phenoxy) is 1. The second-order valence-corrected chi connectivity index (χ2v) is 6.55. The highest BCUT2D eigenvalue weighted by Crippen LogP contribution is 2.23. The lowest BCUT2D eigenvalue weighted by Gasteiger charge is -2.23. The van der Waals surface area contributed by atoms with Crippen LogP contribution in [-0.2, 0) is 6.54 Å². The van der Waals surface area contributed by atoms with Crippen molar-refractivity contribution in [2.24, 2.45) is 0 Å². The van der Waals surface area contributed by atoms with E-state index in [0.29, 0.717) is 6.54 Å². The molecule has 26 heavy (non-hydrogen) atoms. The molecule has 0 amide bonds. The van der Waals surface area contributed by atoms with Crippen molar-refractivity contribution in [3.05, 3.63) is 47.3 Å². The van der Waals surface area contributed by atoms with Gasteiger partial charge in [-0.3, -0.25) is 4.90 Å². The van der Waals surface area contributed by atoms with Crippen LogP contribution in [0.5, 0.6) is 5.75 Å². The van der Waals surface area contributed by atoms with E-state index in [1.165, 1.54) is 0 Å². The highest BCUT2D eigenvalue weighted by atomic mass is 19.3. The number of alkyl halides is 2. The molecule has 0 radical (unpaired) electrons. The second kappa shape index (κ2) is 8.40. The van der Waals surface area contributed by atoms with Gasteiger partial charge in [0.25, 0.3) is 0 Å². The lowest BCUT2D eigenvalue weighted by molar-refractivity contribution is -0.0507. The lowest BCUT2D eigenvalue weighted by atomic mass is 10.2. The molecule has 3 rings (SSSR count). The molecule has 0 bridgehead atoms. The van der Waals surface area contributed by atoms with Crippen molar-refractivity contribution < 1.29 is 13.5 Å². The number of rotatable bonds is 5. The van der Waals surface area contributed by atoms with Crippen LogP contribution in [0.3, 0.4) is 0 Å². The van der Waals surface area contributed by atoms with Crippen LogP contribution in [0.15, 0.2) is 30.3 Å². The average molecular weight is 362 g/mol. The van der Waals surface area contributed by atoms with Gasteiger partial charge >= 0.3 is 6.61 Å². The summed E-state index contributed by atoms with van der Waals surface area (Å²) in [6, 6.07) is 8.96. The van der Waals surface area contributed by atoms with Crippen molar-refractivity contribution in [2.75, 3.05) is 31.1 Å². The molecular formula is C19H24F2N4O. The van der Waals surface area contributed by atoms with Gasteiger partial charge in [-0.25, -0.2) is 9.97 Å². The Morgan fingerprint density at radius 2 is 1.77 bits per heavy atom. The van der Waals surface area contributed by atoms with E-state index in [-0.39, 0.29) is 5.75 Å². The quantitative estimate of drug-likeness (QED) is 0.815. The Kier molecular flexibility index (Phi) is 5.98. The van der Waals surface area contributed by atoms with Gasteiger partial charge < -0.3 is 9.64 Å². The van der Waals surface area contributed by atoms with E-state index in [1.54, 1.807) is 12.1 Å². The van der Waals surface area contributed by atoms with Gasteiger partial charge in [-0.05, 0) is 32.4 Å². The first-order valence-electron chi connectivity index (χ1n) is 8.83. The molecule has 1 fully saturated rings. The molecule has 0 unspecified atom stereocenters. The molecule has 1 aromatic carbocycles. The number of halogens is 2. The smallest absolute Gasteiger partial charge is 0.387 e. The van der Waals surface area contributed by atoms with Crippen molar-refractivity contribution >= 4 is 5.95 Å². The third-order valence-electron chi connectivity index (χ3n) is 4.42. The molecule has 7 heteroatoms. The molecule has 0 aliphatic carbocycles. The number of hydrogen-bond acceptors (Lipinski definition) is 5. The zero-order valence-electron chi connectivity index (χ0n) is 15.2. The van der Waals surface area contributed by atoms with Crippen LogP contribution < -0.4 is 9.64 Å². The largest absolute Gasteiger partial charge is 0.434 e. The maximum atomic E-state index is 12.6. The highest BCUT2D eigenvalue weighted by Gasteiger charge is 2.19. The van der Waals surface area contributed by atoms with Crippen molar-refractivity contribution in [1.29, 1.82) is 0 Å². The molecule has 2 heterocycles. The predicted octanol–water partition coefficient (Wildman–Crippen LogP) is 3.41. The summed E-state index contributed by atoms with van der Waals surface area (Å²) < 4.78 is 29.8. The fourth-order valence-corrected chi connectivity index (χ4v) is 3.26. The maximum Gasteiger partial charge on any atom is 0.387 e. The van der Waals surface area contributed by atoms with Gasteiger partial charge in [-0.15, -0.1) is 0 Å². The van der Waals surface area contributed by atoms with Crippen LogP contribution in [0, 0.1) is 13.8 Å². The van der Waals surface area contributed by atoms with Crippen molar-refractivity contribution in [3.63, 3.8) is 0 Å². The third kappa shape index (κ3) is 4.88. The maximum absolute atomic E-state index is 12.6. The van der Waals surface area contributed by atoms with Crippen LogP contribution in [0.25, 0.3) is 0 Å². The number of aromatic nitrogens is 2. The van der Waals surface area contributed by atoms with E-state index in [0.717, 1.165) is 55.5 Å². The van der Waals surface area contributed by atoms with Gasteiger partial charge in [0.2, 0.25) is 5.95 Å². The summed E-state index contributed by atoms with van der Waals surface area (Å²) in [4.78, 5) is 13.6. The summed E-state index contributed by atoms with van der Waals surface area (Å²) in [5, 5.41) is 0. The normalized spacial score (nSPS) is 16.0. The molecule has 0 atom stereocenters. The molecule has 1 aliphatic heterocycles. The van der Waals surface area contributed by atoms with Gasteiger partial charge in [-0.1, -0.05) is 18.2 Å². The topological polar surface area (TPSA) is 41.5 Å². The molecule has 1 aliphatic rings. The molecule has 5 nitrogen and oxygen atoms in total. The van der Waals surface area contributed by atoms with Crippen LogP contribution in [0.4, 0.5) is 14.7 Å². The lowest BCUT2D eigenvalue weighted by Crippen LogP contribution is -2.31. The minimum Gasteiger partial charge on any atom is -0.434 e.